The topological polar surface area (TPSA) is 86.8 Å². The van der Waals surface area contributed by atoms with Gasteiger partial charge in [0.25, 0.3) is 0 Å². The summed E-state index contributed by atoms with van der Waals surface area (Å²) < 4.78 is 26.1. The zero-order valence-corrected chi connectivity index (χ0v) is 21.8. The number of rotatable bonds is 9. The average Bonchev–Trinajstić information content (AvgIpc) is 2.74. The summed E-state index contributed by atoms with van der Waals surface area (Å²) in [5.41, 5.74) is 1.80. The number of nitrogens with one attached hydrogen (secondary N) is 1. The quantitative estimate of drug-likeness (QED) is 0.487. The molecule has 1 atom stereocenters. The van der Waals surface area contributed by atoms with Crippen molar-refractivity contribution < 1.29 is 18.0 Å². The SMILES string of the molecule is CCC(C(=O)NC)N(Cc1ccccc1C)C(=O)CN(c1cc(Cl)c(Cl)cc1Cl)S(C)(=O)=O. The van der Waals surface area contributed by atoms with Gasteiger partial charge < -0.3 is 10.2 Å². The van der Waals surface area contributed by atoms with Gasteiger partial charge in [-0.3, -0.25) is 13.9 Å². The number of likely N-dealkylation sites (N-methyl/N-ethyl adjacent to an activating group) is 1. The molecule has 0 aliphatic carbocycles. The Hall–Kier alpha value is -2.00. The molecule has 2 rings (SSSR count). The van der Waals surface area contributed by atoms with E-state index in [4.69, 9.17) is 34.8 Å². The summed E-state index contributed by atoms with van der Waals surface area (Å²) >= 11 is 18.3. The van der Waals surface area contributed by atoms with Gasteiger partial charge >= 0.3 is 0 Å². The van der Waals surface area contributed by atoms with E-state index in [1.807, 2.05) is 31.2 Å². The van der Waals surface area contributed by atoms with Crippen LogP contribution in [0, 0.1) is 6.92 Å². The van der Waals surface area contributed by atoms with Crippen LogP contribution in [0.5, 0.6) is 0 Å². The van der Waals surface area contributed by atoms with Crippen LogP contribution in [-0.2, 0) is 26.2 Å². The summed E-state index contributed by atoms with van der Waals surface area (Å²) in [5, 5.41) is 2.83. The summed E-state index contributed by atoms with van der Waals surface area (Å²) in [6.45, 7) is 3.24. The molecule has 0 aromatic heterocycles. The van der Waals surface area contributed by atoms with E-state index in [0.717, 1.165) is 21.7 Å². The second-order valence-electron chi connectivity index (χ2n) is 7.47. The maximum absolute atomic E-state index is 13.5. The Kier molecular flexibility index (Phi) is 9.43. The van der Waals surface area contributed by atoms with E-state index in [1.165, 1.54) is 24.1 Å². The molecule has 1 unspecified atom stereocenters. The first-order valence-electron chi connectivity index (χ1n) is 10.1. The monoisotopic (exact) mass is 533 g/mol. The number of carbonyl (C=O) groups excluding carboxylic acids is 2. The second kappa shape index (κ2) is 11.4. The van der Waals surface area contributed by atoms with E-state index >= 15 is 0 Å². The van der Waals surface area contributed by atoms with E-state index < -0.39 is 28.5 Å². The van der Waals surface area contributed by atoms with E-state index in [0.29, 0.717) is 6.42 Å². The minimum Gasteiger partial charge on any atom is -0.357 e. The zero-order chi connectivity index (χ0) is 24.9. The first-order valence-corrected chi connectivity index (χ1v) is 13.1. The van der Waals surface area contributed by atoms with Crippen molar-refractivity contribution in [2.45, 2.75) is 32.9 Å². The average molecular weight is 535 g/mol. The molecule has 0 fully saturated rings. The molecule has 0 saturated carbocycles. The fourth-order valence-electron chi connectivity index (χ4n) is 3.36. The molecule has 0 spiro atoms. The highest BCUT2D eigenvalue weighted by molar-refractivity contribution is 7.92. The standard InChI is InChI=1S/C22H26Cl3N3O4S/c1-5-19(22(30)26-3)27(12-15-9-7-6-8-14(15)2)21(29)13-28(33(4,31)32)20-11-17(24)16(23)10-18(20)25/h6-11,19H,5,12-13H2,1-4H3,(H,26,30). The van der Waals surface area contributed by atoms with Crippen LogP contribution in [0.1, 0.15) is 24.5 Å². The van der Waals surface area contributed by atoms with E-state index in [9.17, 15) is 18.0 Å². The van der Waals surface area contributed by atoms with Crippen LogP contribution in [0.25, 0.3) is 0 Å². The van der Waals surface area contributed by atoms with Gasteiger partial charge in [0.1, 0.15) is 12.6 Å². The number of aryl methyl sites for hydroxylation is 1. The minimum absolute atomic E-state index is 0.0192. The van der Waals surface area contributed by atoms with Crippen molar-refractivity contribution in [1.82, 2.24) is 10.2 Å². The third-order valence-electron chi connectivity index (χ3n) is 5.17. The van der Waals surface area contributed by atoms with Crippen molar-refractivity contribution in [2.75, 3.05) is 24.2 Å². The maximum atomic E-state index is 13.5. The highest BCUT2D eigenvalue weighted by Crippen LogP contribution is 2.35. The number of hydrogen-bond donors (Lipinski definition) is 1. The molecule has 0 aliphatic heterocycles. The lowest BCUT2D eigenvalue weighted by molar-refractivity contribution is -0.140. The van der Waals surface area contributed by atoms with Gasteiger partial charge in [-0.05, 0) is 36.6 Å². The van der Waals surface area contributed by atoms with Gasteiger partial charge in [0.05, 0.1) is 27.0 Å². The first-order chi connectivity index (χ1) is 15.4. The fraction of sp³-hybridized carbons (Fsp3) is 0.364. The Morgan fingerprint density at radius 1 is 1.06 bits per heavy atom. The number of amides is 2. The predicted molar refractivity (Wildman–Crippen MR) is 134 cm³/mol. The molecule has 2 amide bonds. The van der Waals surface area contributed by atoms with E-state index in [2.05, 4.69) is 5.32 Å². The van der Waals surface area contributed by atoms with Gasteiger partial charge in [-0.25, -0.2) is 8.42 Å². The lowest BCUT2D eigenvalue weighted by atomic mass is 10.1. The van der Waals surface area contributed by atoms with Crippen molar-refractivity contribution >= 4 is 62.3 Å². The molecule has 0 heterocycles. The Labute approximate surface area is 209 Å². The van der Waals surface area contributed by atoms with Crippen LogP contribution in [0.3, 0.4) is 0 Å². The summed E-state index contributed by atoms with van der Waals surface area (Å²) in [6.07, 6.45) is 1.30. The molecular formula is C22H26Cl3N3O4S. The highest BCUT2D eigenvalue weighted by atomic mass is 35.5. The van der Waals surface area contributed by atoms with Gasteiger partial charge in [0.15, 0.2) is 0 Å². The third kappa shape index (κ3) is 6.76. The molecule has 33 heavy (non-hydrogen) atoms. The summed E-state index contributed by atoms with van der Waals surface area (Å²) in [5.74, 6) is -0.917. The molecule has 0 radical (unpaired) electrons. The smallest absolute Gasteiger partial charge is 0.244 e. The molecule has 180 valence electrons. The Morgan fingerprint density at radius 3 is 2.21 bits per heavy atom. The lowest BCUT2D eigenvalue weighted by Crippen LogP contribution is -2.51. The van der Waals surface area contributed by atoms with Gasteiger partial charge in [0.2, 0.25) is 21.8 Å². The molecule has 7 nitrogen and oxygen atoms in total. The third-order valence-corrected chi connectivity index (χ3v) is 7.32. The zero-order valence-electron chi connectivity index (χ0n) is 18.7. The maximum Gasteiger partial charge on any atom is 0.244 e. The number of benzene rings is 2. The van der Waals surface area contributed by atoms with Crippen LogP contribution < -0.4 is 9.62 Å². The number of nitrogens with zero attached hydrogens (tertiary/aromatic N) is 2. The number of sulfonamides is 1. The van der Waals surface area contributed by atoms with Crippen molar-refractivity contribution in [3.05, 3.63) is 62.6 Å². The van der Waals surface area contributed by atoms with Crippen LogP contribution in [0.4, 0.5) is 5.69 Å². The van der Waals surface area contributed by atoms with Crippen molar-refractivity contribution in [1.29, 1.82) is 0 Å². The van der Waals surface area contributed by atoms with Gasteiger partial charge in [0, 0.05) is 13.6 Å². The molecule has 0 bridgehead atoms. The molecule has 1 N–H and O–H groups in total. The van der Waals surface area contributed by atoms with E-state index in [-0.39, 0.29) is 33.2 Å². The normalized spacial score (nSPS) is 12.2. The molecule has 11 heteroatoms. The Bertz CT molecular complexity index is 1140. The van der Waals surface area contributed by atoms with Crippen LogP contribution in [-0.4, -0.2) is 51.0 Å². The largest absolute Gasteiger partial charge is 0.357 e. The summed E-state index contributed by atoms with van der Waals surface area (Å²) in [6, 6.07) is 9.28. The van der Waals surface area contributed by atoms with Gasteiger partial charge in [-0.2, -0.15) is 0 Å². The van der Waals surface area contributed by atoms with Crippen molar-refractivity contribution in [2.24, 2.45) is 0 Å². The fourth-order valence-corrected chi connectivity index (χ4v) is 4.90. The summed E-state index contributed by atoms with van der Waals surface area (Å²) in [7, 11) is -2.45. The second-order valence-corrected chi connectivity index (χ2v) is 10.6. The number of halogens is 3. The van der Waals surface area contributed by atoms with Crippen molar-refractivity contribution in [3.63, 3.8) is 0 Å². The summed E-state index contributed by atoms with van der Waals surface area (Å²) in [4.78, 5) is 27.5. The molecular weight excluding hydrogens is 509 g/mol. The minimum atomic E-state index is -3.94. The number of anilines is 1. The number of hydrogen-bond acceptors (Lipinski definition) is 4. The highest BCUT2D eigenvalue weighted by Gasteiger charge is 2.32. The van der Waals surface area contributed by atoms with Crippen LogP contribution >= 0.6 is 34.8 Å². The first kappa shape index (κ1) is 27.2. The predicted octanol–water partition coefficient (Wildman–Crippen LogP) is 4.27. The van der Waals surface area contributed by atoms with Crippen LogP contribution in [0.15, 0.2) is 36.4 Å². The lowest BCUT2D eigenvalue weighted by Gasteiger charge is -2.33. The Balaban J connectivity index is 2.51. The van der Waals surface area contributed by atoms with Crippen LogP contribution in [0.2, 0.25) is 15.1 Å². The van der Waals surface area contributed by atoms with E-state index in [1.54, 1.807) is 6.92 Å². The number of carbonyl (C=O) groups is 2. The molecule has 0 aliphatic rings. The van der Waals surface area contributed by atoms with Gasteiger partial charge in [-0.15, -0.1) is 0 Å². The molecule has 2 aromatic carbocycles. The molecule has 0 saturated heterocycles. The van der Waals surface area contributed by atoms with Gasteiger partial charge in [-0.1, -0.05) is 66.0 Å². The molecule has 2 aromatic rings. The Morgan fingerprint density at radius 2 is 1.67 bits per heavy atom. The van der Waals surface area contributed by atoms with Crippen molar-refractivity contribution in [3.8, 4) is 0 Å².